The van der Waals surface area contributed by atoms with Crippen LogP contribution in [0, 0.1) is 11.8 Å². The number of hydrogen-bond donors (Lipinski definition) is 6. The zero-order chi connectivity index (χ0) is 19.4. The number of likely N-dealkylation sites (tertiary alicyclic amines) is 1. The summed E-state index contributed by atoms with van der Waals surface area (Å²) in [5, 5.41) is 27.3. The number of carboxylic acid groups (broad SMARTS) is 1. The Morgan fingerprint density at radius 3 is 2.48 bits per heavy atom. The molecule has 0 bridgehead atoms. The van der Waals surface area contributed by atoms with Gasteiger partial charge in [-0.3, -0.25) is 9.59 Å². The van der Waals surface area contributed by atoms with Gasteiger partial charge < -0.3 is 37.3 Å². The van der Waals surface area contributed by atoms with Crippen molar-refractivity contribution in [2.24, 2.45) is 34.0 Å². The average Bonchev–Trinajstić information content (AvgIpc) is 2.84. The lowest BCUT2D eigenvalue weighted by atomic mass is 9.78. The molecule has 142 valence electrons. The number of nitrogens with zero attached hydrogens (tertiary/aromatic N) is 2. The molecule has 1 rings (SSSR count). The zero-order valence-corrected chi connectivity index (χ0v) is 14.6. The summed E-state index contributed by atoms with van der Waals surface area (Å²) in [4.78, 5) is 28.8. The first-order chi connectivity index (χ1) is 11.5. The molecule has 1 amide bonds. The van der Waals surface area contributed by atoms with Gasteiger partial charge in [-0.1, -0.05) is 20.3 Å². The number of carbonyl (C=O) groups excluding carboxylic acids is 1. The van der Waals surface area contributed by atoms with Crippen molar-refractivity contribution in [3.8, 4) is 0 Å². The summed E-state index contributed by atoms with van der Waals surface area (Å²) >= 11 is 0. The minimum atomic E-state index is -1.55. The normalized spacial score (nSPS) is 25.3. The maximum atomic E-state index is 12.0. The van der Waals surface area contributed by atoms with Crippen LogP contribution in [-0.4, -0.2) is 69.7 Å². The topological polar surface area (TPSA) is 188 Å². The summed E-state index contributed by atoms with van der Waals surface area (Å²) in [5.41, 5.74) is 16.1. The van der Waals surface area contributed by atoms with Gasteiger partial charge in [0.1, 0.15) is 5.54 Å². The summed E-state index contributed by atoms with van der Waals surface area (Å²) in [6, 6.07) is -0.787. The second-order valence-electron chi connectivity index (χ2n) is 6.91. The quantitative estimate of drug-likeness (QED) is 0.166. The number of aliphatic imine (C=N–C) groups is 1. The molecule has 25 heavy (non-hydrogen) atoms. The van der Waals surface area contributed by atoms with Crippen LogP contribution in [0.15, 0.2) is 4.99 Å². The fourth-order valence-electron chi connectivity index (χ4n) is 2.79. The van der Waals surface area contributed by atoms with Gasteiger partial charge in [-0.15, -0.1) is 0 Å². The molecule has 1 aliphatic rings. The number of guanidine groups is 1. The van der Waals surface area contributed by atoms with E-state index in [-0.39, 0.29) is 31.3 Å². The maximum Gasteiger partial charge on any atom is 0.451 e. The monoisotopic (exact) mass is 357 g/mol. The molecule has 0 aromatic rings. The van der Waals surface area contributed by atoms with Crippen molar-refractivity contribution in [3.05, 3.63) is 0 Å². The van der Waals surface area contributed by atoms with Crippen LogP contribution in [0.2, 0.25) is 6.32 Å². The van der Waals surface area contributed by atoms with E-state index in [1.165, 1.54) is 4.90 Å². The van der Waals surface area contributed by atoms with E-state index in [0.717, 1.165) is 0 Å². The molecule has 3 unspecified atom stereocenters. The van der Waals surface area contributed by atoms with E-state index < -0.39 is 36.5 Å². The Morgan fingerprint density at radius 1 is 1.40 bits per heavy atom. The van der Waals surface area contributed by atoms with Gasteiger partial charge in [-0.25, -0.2) is 0 Å². The van der Waals surface area contributed by atoms with Crippen molar-refractivity contribution in [1.29, 1.82) is 0 Å². The highest BCUT2D eigenvalue weighted by Crippen LogP contribution is 2.30. The fraction of sp³-hybridized carbons (Fsp3) is 0.786. The van der Waals surface area contributed by atoms with Crippen molar-refractivity contribution < 1.29 is 24.7 Å². The summed E-state index contributed by atoms with van der Waals surface area (Å²) < 4.78 is 0. The summed E-state index contributed by atoms with van der Waals surface area (Å²) in [7, 11) is -1.45. The van der Waals surface area contributed by atoms with Gasteiger partial charge in [0.15, 0.2) is 5.96 Å². The van der Waals surface area contributed by atoms with E-state index in [1.54, 1.807) is 13.8 Å². The van der Waals surface area contributed by atoms with E-state index in [9.17, 15) is 14.7 Å². The number of nitrogens with two attached hydrogens (primary N) is 3. The third kappa shape index (κ3) is 5.40. The second-order valence-corrected chi connectivity index (χ2v) is 6.91. The molecule has 1 fully saturated rings. The van der Waals surface area contributed by atoms with Crippen LogP contribution in [-0.2, 0) is 9.59 Å². The van der Waals surface area contributed by atoms with Gasteiger partial charge in [-0.05, 0) is 18.7 Å². The Labute approximate surface area is 147 Å². The minimum absolute atomic E-state index is 0.0891. The minimum Gasteiger partial charge on any atom is -0.480 e. The Kier molecular flexibility index (Phi) is 7.36. The van der Waals surface area contributed by atoms with Gasteiger partial charge in [0.25, 0.3) is 5.91 Å². The largest absolute Gasteiger partial charge is 0.480 e. The van der Waals surface area contributed by atoms with E-state index in [2.05, 4.69) is 4.99 Å². The number of hydrogen-bond acceptors (Lipinski definition) is 6. The second kappa shape index (κ2) is 8.61. The summed E-state index contributed by atoms with van der Waals surface area (Å²) in [6.45, 7) is 3.69. The van der Waals surface area contributed by atoms with Gasteiger partial charge >= 0.3 is 13.1 Å². The number of carbonyl (C=O) groups is 2. The van der Waals surface area contributed by atoms with Gasteiger partial charge in [0.2, 0.25) is 0 Å². The third-order valence-electron chi connectivity index (χ3n) is 4.59. The van der Waals surface area contributed by atoms with Crippen LogP contribution >= 0.6 is 0 Å². The number of carboxylic acids is 1. The predicted molar refractivity (Wildman–Crippen MR) is 93.3 cm³/mol. The van der Waals surface area contributed by atoms with E-state index in [0.29, 0.717) is 12.8 Å². The first-order valence-corrected chi connectivity index (χ1v) is 8.26. The number of rotatable bonds is 7. The van der Waals surface area contributed by atoms with Crippen LogP contribution in [0.4, 0.5) is 0 Å². The Balaban J connectivity index is 2.86. The molecule has 0 saturated carbocycles. The highest BCUT2D eigenvalue weighted by Gasteiger charge is 2.50. The third-order valence-corrected chi connectivity index (χ3v) is 4.59. The molecule has 1 heterocycles. The van der Waals surface area contributed by atoms with Crippen molar-refractivity contribution in [2.75, 3.05) is 13.1 Å². The Bertz CT molecular complexity index is 530. The molecule has 11 heteroatoms. The summed E-state index contributed by atoms with van der Waals surface area (Å²) in [6.07, 6.45) is 0.901. The Hall–Kier alpha value is -1.69. The highest BCUT2D eigenvalue weighted by molar-refractivity contribution is 6.40. The van der Waals surface area contributed by atoms with Crippen LogP contribution in [0.25, 0.3) is 0 Å². The predicted octanol–water partition coefficient (Wildman–Crippen LogP) is -2.22. The van der Waals surface area contributed by atoms with Gasteiger partial charge in [0.05, 0.1) is 6.04 Å². The van der Waals surface area contributed by atoms with Crippen LogP contribution < -0.4 is 17.2 Å². The molecule has 3 atom stereocenters. The smallest absolute Gasteiger partial charge is 0.451 e. The molecular formula is C14H28BN5O5. The lowest BCUT2D eigenvalue weighted by Gasteiger charge is -2.25. The van der Waals surface area contributed by atoms with Crippen molar-refractivity contribution >= 4 is 25.0 Å². The average molecular weight is 357 g/mol. The molecule has 9 N–H and O–H groups in total. The maximum absolute atomic E-state index is 12.0. The highest BCUT2D eigenvalue weighted by atomic mass is 16.4. The van der Waals surface area contributed by atoms with Gasteiger partial charge in [-0.2, -0.15) is 4.99 Å². The Morgan fingerprint density at radius 2 is 2.00 bits per heavy atom. The molecular weight excluding hydrogens is 329 g/mol. The molecule has 1 aliphatic heterocycles. The van der Waals surface area contributed by atoms with Crippen molar-refractivity contribution in [2.45, 2.75) is 44.6 Å². The molecule has 0 radical (unpaired) electrons. The van der Waals surface area contributed by atoms with Crippen LogP contribution in [0.1, 0.15) is 26.7 Å². The standard InChI is InChI=1S/C14H28BN5O5/c1-8(2)10(16)11(21)19-13(17)20-6-9(4-3-5-15(24)25)14(18,7-20)12(22)23/h8-10,24-25H,3-7,16,18H2,1-2H3,(H,22,23)(H2,17,19,21). The van der Waals surface area contributed by atoms with Crippen LogP contribution in [0.5, 0.6) is 0 Å². The molecule has 0 aromatic heterocycles. The molecule has 0 aliphatic carbocycles. The van der Waals surface area contributed by atoms with Gasteiger partial charge in [0, 0.05) is 19.0 Å². The lowest BCUT2D eigenvalue weighted by molar-refractivity contribution is -0.144. The lowest BCUT2D eigenvalue weighted by Crippen LogP contribution is -2.55. The van der Waals surface area contributed by atoms with Crippen molar-refractivity contribution in [1.82, 2.24) is 4.90 Å². The fourth-order valence-corrected chi connectivity index (χ4v) is 2.79. The molecule has 10 nitrogen and oxygen atoms in total. The van der Waals surface area contributed by atoms with Crippen LogP contribution in [0.3, 0.4) is 0 Å². The van der Waals surface area contributed by atoms with E-state index >= 15 is 0 Å². The molecule has 0 spiro atoms. The molecule has 0 aromatic carbocycles. The summed E-state index contributed by atoms with van der Waals surface area (Å²) in [5.74, 6) is -2.43. The number of amides is 1. The SMILES string of the molecule is CC(C)C(N)C(=O)N=C(N)N1CC(CCCB(O)O)C(N)(C(=O)O)C1. The van der Waals surface area contributed by atoms with E-state index in [1.807, 2.05) is 0 Å². The first-order valence-electron chi connectivity index (χ1n) is 8.26. The zero-order valence-electron chi connectivity index (χ0n) is 14.6. The van der Waals surface area contributed by atoms with E-state index in [4.69, 9.17) is 27.2 Å². The van der Waals surface area contributed by atoms with Crippen molar-refractivity contribution in [3.63, 3.8) is 0 Å². The first kappa shape index (κ1) is 21.4. The number of aliphatic carboxylic acids is 1. The molecule has 1 saturated heterocycles.